The van der Waals surface area contributed by atoms with Crippen molar-refractivity contribution >= 4 is 5.84 Å². The highest BCUT2D eigenvalue weighted by atomic mass is 15.2. The fourth-order valence-corrected chi connectivity index (χ4v) is 1.51. The van der Waals surface area contributed by atoms with Crippen LogP contribution in [0.4, 0.5) is 0 Å². The molecular weight excluding hydrogens is 176 g/mol. The molecule has 14 heavy (non-hydrogen) atoms. The zero-order chi connectivity index (χ0) is 10.6. The van der Waals surface area contributed by atoms with Crippen LogP contribution in [0.1, 0.15) is 19.3 Å². The van der Waals surface area contributed by atoms with Crippen molar-refractivity contribution in [3.63, 3.8) is 0 Å². The van der Waals surface area contributed by atoms with Gasteiger partial charge in [0.05, 0.1) is 5.84 Å². The molecule has 0 amide bonds. The molecule has 0 aromatic heterocycles. The molecule has 0 aromatic rings. The van der Waals surface area contributed by atoms with Gasteiger partial charge in [-0.15, -0.1) is 0 Å². The lowest BCUT2D eigenvalue weighted by atomic mass is 10.3. The predicted octanol–water partition coefficient (Wildman–Crippen LogP) is 0.338. The number of nitrogens with two attached hydrogens (primary N) is 1. The minimum atomic E-state index is 0.306. The van der Waals surface area contributed by atoms with Crippen molar-refractivity contribution < 1.29 is 0 Å². The van der Waals surface area contributed by atoms with Gasteiger partial charge in [0, 0.05) is 32.1 Å². The van der Waals surface area contributed by atoms with Gasteiger partial charge in [0.2, 0.25) is 0 Å². The maximum absolute atomic E-state index is 7.21. The summed E-state index contributed by atoms with van der Waals surface area (Å²) in [5.74, 6) is 0.306. The molecule has 0 spiro atoms. The van der Waals surface area contributed by atoms with E-state index in [1.54, 1.807) is 0 Å². The van der Waals surface area contributed by atoms with Crippen LogP contribution < -0.4 is 5.73 Å². The average Bonchev–Trinajstić information content (AvgIpc) is 2.86. The molecule has 1 fully saturated rings. The monoisotopic (exact) mass is 198 g/mol. The summed E-state index contributed by atoms with van der Waals surface area (Å²) in [5.41, 5.74) is 5.36. The highest BCUT2D eigenvalue weighted by Gasteiger charge is 2.28. The van der Waals surface area contributed by atoms with Crippen LogP contribution in [0.2, 0.25) is 0 Å². The quantitative estimate of drug-likeness (QED) is 0.458. The summed E-state index contributed by atoms with van der Waals surface area (Å²) in [7, 11) is 4.19. The van der Waals surface area contributed by atoms with E-state index in [1.807, 2.05) is 0 Å². The van der Waals surface area contributed by atoms with Crippen molar-refractivity contribution in [3.05, 3.63) is 0 Å². The highest BCUT2D eigenvalue weighted by Crippen LogP contribution is 2.26. The molecule has 0 radical (unpaired) electrons. The first-order valence-corrected chi connectivity index (χ1v) is 5.31. The number of nitrogens with one attached hydrogen (secondary N) is 1. The lowest BCUT2D eigenvalue weighted by Gasteiger charge is -2.23. The first kappa shape index (κ1) is 11.5. The van der Waals surface area contributed by atoms with Crippen LogP contribution in [-0.4, -0.2) is 55.4 Å². The summed E-state index contributed by atoms with van der Waals surface area (Å²) in [5, 5.41) is 7.21. The number of likely N-dealkylation sites (N-methyl/N-ethyl adjacent to an activating group) is 1. The van der Waals surface area contributed by atoms with Crippen molar-refractivity contribution in [3.8, 4) is 0 Å². The van der Waals surface area contributed by atoms with Gasteiger partial charge in [0.1, 0.15) is 0 Å². The van der Waals surface area contributed by atoms with Crippen LogP contribution >= 0.6 is 0 Å². The third-order valence-corrected chi connectivity index (χ3v) is 2.57. The van der Waals surface area contributed by atoms with Gasteiger partial charge < -0.3 is 10.6 Å². The summed E-state index contributed by atoms with van der Waals surface area (Å²) < 4.78 is 0. The Hall–Kier alpha value is -0.610. The van der Waals surface area contributed by atoms with Crippen molar-refractivity contribution in [2.75, 3.05) is 33.7 Å². The molecule has 0 unspecified atom stereocenters. The van der Waals surface area contributed by atoms with Crippen molar-refractivity contribution in [1.82, 2.24) is 9.80 Å². The van der Waals surface area contributed by atoms with E-state index in [-0.39, 0.29) is 0 Å². The molecule has 4 heteroatoms. The lowest BCUT2D eigenvalue weighted by Crippen LogP contribution is -2.35. The summed E-state index contributed by atoms with van der Waals surface area (Å²) >= 11 is 0. The molecule has 3 N–H and O–H groups in total. The van der Waals surface area contributed by atoms with Crippen LogP contribution in [0.3, 0.4) is 0 Å². The standard InChI is InChI=1S/C10H22N4/c1-13(2)7-8-14(9-3-4-9)6-5-10(11)12/h9H,3-8H2,1-2H3,(H3,11,12). The molecular formula is C10H22N4. The van der Waals surface area contributed by atoms with E-state index in [2.05, 4.69) is 23.9 Å². The first-order valence-electron chi connectivity index (χ1n) is 5.31. The molecule has 0 heterocycles. The van der Waals surface area contributed by atoms with Gasteiger partial charge in [-0.2, -0.15) is 0 Å². The number of amidine groups is 1. The Balaban J connectivity index is 2.20. The van der Waals surface area contributed by atoms with Gasteiger partial charge >= 0.3 is 0 Å². The Kier molecular flexibility index (Phi) is 4.35. The first-order chi connectivity index (χ1) is 6.59. The van der Waals surface area contributed by atoms with Crippen molar-refractivity contribution in [2.45, 2.75) is 25.3 Å². The minimum absolute atomic E-state index is 0.306. The van der Waals surface area contributed by atoms with Gasteiger partial charge in [-0.05, 0) is 26.9 Å². The zero-order valence-electron chi connectivity index (χ0n) is 9.29. The third kappa shape index (κ3) is 4.58. The van der Waals surface area contributed by atoms with E-state index in [0.717, 1.165) is 25.7 Å². The second-order valence-corrected chi connectivity index (χ2v) is 4.35. The SMILES string of the molecule is CN(C)CCN(CCC(=N)N)C1CC1. The minimum Gasteiger partial charge on any atom is -0.388 e. The lowest BCUT2D eigenvalue weighted by molar-refractivity contribution is 0.237. The fourth-order valence-electron chi connectivity index (χ4n) is 1.51. The molecule has 0 bridgehead atoms. The summed E-state index contributed by atoms with van der Waals surface area (Å²) in [6.07, 6.45) is 3.36. The van der Waals surface area contributed by atoms with Crippen LogP contribution in [0.25, 0.3) is 0 Å². The Labute approximate surface area is 86.6 Å². The number of nitrogens with zero attached hydrogens (tertiary/aromatic N) is 2. The van der Waals surface area contributed by atoms with Crippen molar-refractivity contribution in [1.29, 1.82) is 5.41 Å². The summed E-state index contributed by atoms with van der Waals surface area (Å²) in [4.78, 5) is 4.66. The van der Waals surface area contributed by atoms with Crippen molar-refractivity contribution in [2.24, 2.45) is 5.73 Å². The predicted molar refractivity (Wildman–Crippen MR) is 59.7 cm³/mol. The number of hydrogen-bond acceptors (Lipinski definition) is 3. The highest BCUT2D eigenvalue weighted by molar-refractivity contribution is 5.76. The molecule has 1 aliphatic carbocycles. The van der Waals surface area contributed by atoms with E-state index in [4.69, 9.17) is 11.1 Å². The fraction of sp³-hybridized carbons (Fsp3) is 0.900. The molecule has 0 aliphatic heterocycles. The summed E-state index contributed by atoms with van der Waals surface area (Å²) in [6.45, 7) is 3.15. The molecule has 4 nitrogen and oxygen atoms in total. The molecule has 82 valence electrons. The molecule has 1 saturated carbocycles. The Morgan fingerprint density at radius 3 is 2.36 bits per heavy atom. The molecule has 1 aliphatic rings. The topological polar surface area (TPSA) is 56.4 Å². The average molecular weight is 198 g/mol. The van der Waals surface area contributed by atoms with Gasteiger partial charge in [-0.3, -0.25) is 10.3 Å². The Morgan fingerprint density at radius 2 is 1.93 bits per heavy atom. The van der Waals surface area contributed by atoms with Crippen LogP contribution in [0, 0.1) is 5.41 Å². The van der Waals surface area contributed by atoms with Gasteiger partial charge in [0.15, 0.2) is 0 Å². The molecule has 0 atom stereocenters. The van der Waals surface area contributed by atoms with Gasteiger partial charge in [-0.1, -0.05) is 0 Å². The van der Waals surface area contributed by atoms with E-state index in [9.17, 15) is 0 Å². The number of rotatable bonds is 7. The van der Waals surface area contributed by atoms with Gasteiger partial charge in [0.25, 0.3) is 0 Å². The second-order valence-electron chi connectivity index (χ2n) is 4.35. The normalized spacial score (nSPS) is 16.6. The third-order valence-electron chi connectivity index (χ3n) is 2.57. The zero-order valence-corrected chi connectivity index (χ0v) is 9.29. The maximum atomic E-state index is 7.21. The number of hydrogen-bond donors (Lipinski definition) is 2. The molecule has 0 saturated heterocycles. The van der Waals surface area contributed by atoms with E-state index < -0.39 is 0 Å². The molecule has 0 aromatic carbocycles. The smallest absolute Gasteiger partial charge is 0.0918 e. The van der Waals surface area contributed by atoms with Crippen LogP contribution in [-0.2, 0) is 0 Å². The van der Waals surface area contributed by atoms with E-state index >= 15 is 0 Å². The summed E-state index contributed by atoms with van der Waals surface area (Å²) in [6, 6.07) is 0.772. The van der Waals surface area contributed by atoms with Crippen LogP contribution in [0.5, 0.6) is 0 Å². The Bertz CT molecular complexity index is 187. The van der Waals surface area contributed by atoms with Gasteiger partial charge in [-0.25, -0.2) is 0 Å². The molecule has 1 rings (SSSR count). The van der Waals surface area contributed by atoms with E-state index in [0.29, 0.717) is 12.3 Å². The second kappa shape index (κ2) is 5.32. The Morgan fingerprint density at radius 1 is 1.29 bits per heavy atom. The van der Waals surface area contributed by atoms with E-state index in [1.165, 1.54) is 12.8 Å². The largest absolute Gasteiger partial charge is 0.388 e. The van der Waals surface area contributed by atoms with Crippen LogP contribution in [0.15, 0.2) is 0 Å². The maximum Gasteiger partial charge on any atom is 0.0918 e.